The molecule has 1 saturated heterocycles. The minimum Gasteiger partial charge on any atom is -0.368 e. The average molecular weight is 406 g/mol. The first-order valence-corrected chi connectivity index (χ1v) is 9.47. The van der Waals surface area contributed by atoms with E-state index in [9.17, 15) is 9.59 Å². The lowest BCUT2D eigenvalue weighted by molar-refractivity contribution is 0.0963. The van der Waals surface area contributed by atoms with Crippen LogP contribution in [0.2, 0.25) is 0 Å². The minimum absolute atomic E-state index is 0.0471. The summed E-state index contributed by atoms with van der Waals surface area (Å²) in [5.41, 5.74) is 8.91. The number of nitrogen functional groups attached to an aromatic ring is 1. The molecule has 1 aliphatic heterocycles. The van der Waals surface area contributed by atoms with E-state index in [1.807, 2.05) is 24.3 Å². The van der Waals surface area contributed by atoms with Crippen molar-refractivity contribution in [1.29, 1.82) is 0 Å². The number of benzene rings is 2. The van der Waals surface area contributed by atoms with E-state index in [0.29, 0.717) is 22.9 Å². The molecule has 1 aromatic heterocycles. The Kier molecular flexibility index (Phi) is 5.31. The lowest BCUT2D eigenvalue weighted by Crippen LogP contribution is -2.39. The van der Waals surface area contributed by atoms with Gasteiger partial charge in [-0.25, -0.2) is 4.79 Å². The Labute approximate surface area is 172 Å². The van der Waals surface area contributed by atoms with E-state index < -0.39 is 6.03 Å². The van der Waals surface area contributed by atoms with E-state index in [2.05, 4.69) is 31.3 Å². The van der Waals surface area contributed by atoms with Crippen LogP contribution in [0.3, 0.4) is 0 Å². The van der Waals surface area contributed by atoms with Crippen LogP contribution in [0.25, 0.3) is 0 Å². The summed E-state index contributed by atoms with van der Waals surface area (Å²) in [6.45, 7) is 1.96. The molecular weight excluding hydrogens is 384 g/mol. The SMILES string of the molecule is CNC(=O)c1ccc(Nc2nc(N)n(C(=O)Nc3ccc(C4CNC4)cc3)n2)cc1. The monoisotopic (exact) mass is 406 g/mol. The number of carbonyl (C=O) groups is 2. The fraction of sp³-hybridized carbons (Fsp3) is 0.200. The van der Waals surface area contributed by atoms with E-state index in [-0.39, 0.29) is 17.8 Å². The van der Waals surface area contributed by atoms with E-state index in [1.165, 1.54) is 5.56 Å². The van der Waals surface area contributed by atoms with Crippen LogP contribution < -0.4 is 27.0 Å². The number of nitrogens with two attached hydrogens (primary N) is 1. The van der Waals surface area contributed by atoms with Gasteiger partial charge in [0, 0.05) is 43.0 Å². The summed E-state index contributed by atoms with van der Waals surface area (Å²) < 4.78 is 0.991. The molecule has 3 aromatic rings. The molecule has 6 N–H and O–H groups in total. The molecule has 2 amide bonds. The Hall–Kier alpha value is -3.92. The summed E-state index contributed by atoms with van der Waals surface area (Å²) in [4.78, 5) is 28.2. The van der Waals surface area contributed by atoms with Crippen molar-refractivity contribution in [3.63, 3.8) is 0 Å². The van der Waals surface area contributed by atoms with Crippen LogP contribution in [-0.4, -0.2) is 46.8 Å². The van der Waals surface area contributed by atoms with Gasteiger partial charge in [-0.3, -0.25) is 4.79 Å². The highest BCUT2D eigenvalue weighted by Gasteiger charge is 2.19. The van der Waals surface area contributed by atoms with E-state index in [4.69, 9.17) is 5.73 Å². The molecule has 0 spiro atoms. The van der Waals surface area contributed by atoms with Gasteiger partial charge in [-0.15, -0.1) is 9.78 Å². The number of hydrogen-bond acceptors (Lipinski definition) is 7. The predicted molar refractivity (Wildman–Crippen MR) is 114 cm³/mol. The molecule has 0 radical (unpaired) electrons. The number of rotatable bonds is 5. The molecule has 10 heteroatoms. The molecule has 30 heavy (non-hydrogen) atoms. The van der Waals surface area contributed by atoms with Crippen molar-refractivity contribution in [2.45, 2.75) is 5.92 Å². The third-order valence-electron chi connectivity index (χ3n) is 4.87. The molecule has 2 heterocycles. The van der Waals surface area contributed by atoms with Crippen molar-refractivity contribution in [3.8, 4) is 0 Å². The summed E-state index contributed by atoms with van der Waals surface area (Å²) in [5, 5.41) is 15.6. The molecule has 0 bridgehead atoms. The topological polar surface area (TPSA) is 139 Å². The number of amides is 2. The molecule has 4 rings (SSSR count). The largest absolute Gasteiger partial charge is 0.368 e. The summed E-state index contributed by atoms with van der Waals surface area (Å²) in [6.07, 6.45) is 0. The fourth-order valence-electron chi connectivity index (χ4n) is 3.04. The van der Waals surface area contributed by atoms with Gasteiger partial charge in [-0.2, -0.15) is 4.98 Å². The second-order valence-electron chi connectivity index (χ2n) is 6.89. The van der Waals surface area contributed by atoms with Gasteiger partial charge in [0.2, 0.25) is 11.9 Å². The molecule has 10 nitrogen and oxygen atoms in total. The van der Waals surface area contributed by atoms with Crippen LogP contribution >= 0.6 is 0 Å². The molecule has 1 fully saturated rings. The standard InChI is InChI=1S/C20H22N8O2/c1-22-17(29)13-4-8-15(9-5-13)24-19-26-18(21)28(27-19)20(30)25-16-6-2-12(3-7-16)14-10-23-11-14/h2-9,14,23H,10-11H2,1H3,(H,22,29)(H,25,30)(H3,21,24,26,27). The lowest BCUT2D eigenvalue weighted by Gasteiger charge is -2.27. The van der Waals surface area contributed by atoms with Crippen molar-refractivity contribution >= 4 is 35.2 Å². The Morgan fingerprint density at radius 3 is 2.33 bits per heavy atom. The highest BCUT2D eigenvalue weighted by atomic mass is 16.2. The van der Waals surface area contributed by atoms with Gasteiger partial charge in [-0.05, 0) is 42.0 Å². The van der Waals surface area contributed by atoms with Gasteiger partial charge in [0.05, 0.1) is 0 Å². The van der Waals surface area contributed by atoms with Gasteiger partial charge in [0.1, 0.15) is 0 Å². The zero-order chi connectivity index (χ0) is 21.1. The van der Waals surface area contributed by atoms with E-state index in [0.717, 1.165) is 17.8 Å². The van der Waals surface area contributed by atoms with Crippen molar-refractivity contribution < 1.29 is 9.59 Å². The highest BCUT2D eigenvalue weighted by Crippen LogP contribution is 2.22. The first-order chi connectivity index (χ1) is 14.5. The third-order valence-corrected chi connectivity index (χ3v) is 4.87. The fourth-order valence-corrected chi connectivity index (χ4v) is 3.04. The quantitative estimate of drug-likeness (QED) is 0.435. The van der Waals surface area contributed by atoms with E-state index in [1.54, 1.807) is 31.3 Å². The van der Waals surface area contributed by atoms with Gasteiger partial charge in [0.25, 0.3) is 5.91 Å². The highest BCUT2D eigenvalue weighted by molar-refractivity contribution is 5.94. The molecule has 154 valence electrons. The normalized spacial score (nSPS) is 13.4. The molecule has 0 aliphatic carbocycles. The third kappa shape index (κ3) is 4.08. The number of aromatic nitrogens is 3. The second kappa shape index (κ2) is 8.21. The summed E-state index contributed by atoms with van der Waals surface area (Å²) in [7, 11) is 1.57. The predicted octanol–water partition coefficient (Wildman–Crippen LogP) is 1.73. The molecule has 0 unspecified atom stereocenters. The van der Waals surface area contributed by atoms with Crippen molar-refractivity contribution in [3.05, 3.63) is 59.7 Å². The van der Waals surface area contributed by atoms with Crippen LogP contribution in [0.1, 0.15) is 21.8 Å². The molecule has 0 atom stereocenters. The summed E-state index contributed by atoms with van der Waals surface area (Å²) in [5.74, 6) is 0.472. The van der Waals surface area contributed by atoms with E-state index >= 15 is 0 Å². The number of anilines is 4. The Morgan fingerprint density at radius 1 is 1.07 bits per heavy atom. The van der Waals surface area contributed by atoms with Gasteiger partial charge >= 0.3 is 6.03 Å². The average Bonchev–Trinajstić information content (AvgIpc) is 3.08. The number of nitrogens with one attached hydrogen (secondary N) is 4. The molecule has 2 aromatic carbocycles. The molecular formula is C20H22N8O2. The first-order valence-electron chi connectivity index (χ1n) is 9.47. The van der Waals surface area contributed by atoms with Crippen LogP contribution in [-0.2, 0) is 0 Å². The molecule has 1 aliphatic rings. The van der Waals surface area contributed by atoms with Crippen LogP contribution in [0.4, 0.5) is 28.1 Å². The molecule has 0 saturated carbocycles. The number of hydrogen-bond donors (Lipinski definition) is 5. The van der Waals surface area contributed by atoms with Crippen molar-refractivity contribution in [2.24, 2.45) is 0 Å². The minimum atomic E-state index is -0.513. The maximum atomic E-state index is 12.5. The Bertz CT molecular complexity index is 1060. The maximum absolute atomic E-state index is 12.5. The van der Waals surface area contributed by atoms with Gasteiger partial charge in [-0.1, -0.05) is 12.1 Å². The Balaban J connectivity index is 1.41. The number of carbonyl (C=O) groups excluding carboxylic acids is 2. The van der Waals surface area contributed by atoms with Gasteiger partial charge in [0.15, 0.2) is 0 Å². The smallest absolute Gasteiger partial charge is 0.349 e. The van der Waals surface area contributed by atoms with Gasteiger partial charge < -0.3 is 27.0 Å². The van der Waals surface area contributed by atoms with Crippen molar-refractivity contribution in [1.82, 2.24) is 25.4 Å². The maximum Gasteiger partial charge on any atom is 0.349 e. The van der Waals surface area contributed by atoms with Crippen LogP contribution in [0.15, 0.2) is 48.5 Å². The van der Waals surface area contributed by atoms with Crippen LogP contribution in [0, 0.1) is 0 Å². The zero-order valence-corrected chi connectivity index (χ0v) is 16.3. The lowest BCUT2D eigenvalue weighted by atomic mass is 9.94. The number of nitrogens with zero attached hydrogens (tertiary/aromatic N) is 3. The second-order valence-corrected chi connectivity index (χ2v) is 6.89. The first kappa shape index (κ1) is 19.4. The zero-order valence-electron chi connectivity index (χ0n) is 16.3. The van der Waals surface area contributed by atoms with Crippen LogP contribution in [0.5, 0.6) is 0 Å². The summed E-state index contributed by atoms with van der Waals surface area (Å²) in [6, 6.07) is 13.9. The van der Waals surface area contributed by atoms with Crippen molar-refractivity contribution in [2.75, 3.05) is 36.5 Å². The Morgan fingerprint density at radius 2 is 1.73 bits per heavy atom. The summed E-state index contributed by atoms with van der Waals surface area (Å²) >= 11 is 0.